The number of hydrogen-bond donors (Lipinski definition) is 5. The lowest BCUT2D eigenvalue weighted by molar-refractivity contribution is -0.163. The molecule has 0 aromatic carbocycles. The second kappa shape index (κ2) is 8.53. The first-order chi connectivity index (χ1) is 15.9. The Bertz CT molecular complexity index is 857. The minimum Gasteiger partial charge on any atom is -0.392 e. The largest absolute Gasteiger partial charge is 0.392 e. The fourth-order valence-electron chi connectivity index (χ4n) is 9.75. The number of allylic oxidation sites excluding steroid dienone is 1. The average molecular weight is 493 g/mol. The minimum absolute atomic E-state index is 0.0903. The lowest BCUT2D eigenvalue weighted by atomic mass is 9.42. The van der Waals surface area contributed by atoms with Gasteiger partial charge in [0.05, 0.1) is 30.0 Å². The first-order valence-corrected chi connectivity index (χ1v) is 14.1. The van der Waals surface area contributed by atoms with Gasteiger partial charge in [0.1, 0.15) is 0 Å². The molecule has 5 N–H and O–H groups in total. The van der Waals surface area contributed by atoms with Gasteiger partial charge in [-0.1, -0.05) is 52.7 Å². The molecule has 5 nitrogen and oxygen atoms in total. The van der Waals surface area contributed by atoms with E-state index in [-0.39, 0.29) is 27.6 Å². The van der Waals surface area contributed by atoms with Crippen molar-refractivity contribution >= 4 is 0 Å². The van der Waals surface area contributed by atoms with Gasteiger partial charge in [-0.05, 0) is 99.2 Å². The molecular formula is C30H52O5. The normalized spacial score (nSPS) is 47.1. The van der Waals surface area contributed by atoms with Crippen LogP contribution in [0.25, 0.3) is 0 Å². The Hall–Kier alpha value is -0.460. The van der Waals surface area contributed by atoms with Gasteiger partial charge in [-0.15, -0.1) is 0 Å². The van der Waals surface area contributed by atoms with Crippen LogP contribution in [0, 0.1) is 39.4 Å². The van der Waals surface area contributed by atoms with Crippen LogP contribution >= 0.6 is 0 Å². The molecule has 5 heteroatoms. The van der Waals surface area contributed by atoms with E-state index in [2.05, 4.69) is 41.5 Å². The second-order valence-corrected chi connectivity index (χ2v) is 14.7. The second-order valence-electron chi connectivity index (χ2n) is 14.7. The van der Waals surface area contributed by atoms with Gasteiger partial charge in [-0.25, -0.2) is 0 Å². The van der Waals surface area contributed by atoms with Gasteiger partial charge in [0.25, 0.3) is 0 Å². The fraction of sp³-hybridized carbons (Fsp3) is 0.933. The number of hydrogen-bond acceptors (Lipinski definition) is 5. The van der Waals surface area contributed by atoms with Crippen molar-refractivity contribution in [2.75, 3.05) is 0 Å². The Morgan fingerprint density at radius 1 is 0.971 bits per heavy atom. The highest BCUT2D eigenvalue weighted by Gasteiger charge is 2.66. The van der Waals surface area contributed by atoms with Gasteiger partial charge in [-0.2, -0.15) is 0 Å². The topological polar surface area (TPSA) is 101 Å². The summed E-state index contributed by atoms with van der Waals surface area (Å²) in [4.78, 5) is 0. The molecule has 0 saturated heterocycles. The zero-order valence-electron chi connectivity index (χ0n) is 23.4. The third-order valence-corrected chi connectivity index (χ3v) is 12.2. The van der Waals surface area contributed by atoms with E-state index in [1.165, 1.54) is 11.1 Å². The molecule has 202 valence electrons. The lowest BCUT2D eigenvalue weighted by Crippen LogP contribution is -2.61. The van der Waals surface area contributed by atoms with Gasteiger partial charge >= 0.3 is 0 Å². The molecule has 4 rings (SSSR count). The van der Waals surface area contributed by atoms with Crippen LogP contribution in [0.5, 0.6) is 0 Å². The Morgan fingerprint density at radius 2 is 1.60 bits per heavy atom. The van der Waals surface area contributed by atoms with E-state index in [0.29, 0.717) is 31.1 Å². The minimum atomic E-state index is -1.10. The molecule has 0 heterocycles. The summed E-state index contributed by atoms with van der Waals surface area (Å²) in [5, 5.41) is 54.2. The van der Waals surface area contributed by atoms with Crippen LogP contribution in [-0.4, -0.2) is 55.5 Å². The predicted molar refractivity (Wildman–Crippen MR) is 139 cm³/mol. The van der Waals surface area contributed by atoms with E-state index in [0.717, 1.165) is 32.1 Å². The summed E-state index contributed by atoms with van der Waals surface area (Å²) < 4.78 is 0. The molecule has 4 aliphatic rings. The van der Waals surface area contributed by atoms with Crippen molar-refractivity contribution in [3.8, 4) is 0 Å². The van der Waals surface area contributed by atoms with E-state index >= 15 is 0 Å². The zero-order valence-corrected chi connectivity index (χ0v) is 23.4. The molecule has 10 atom stereocenters. The van der Waals surface area contributed by atoms with Crippen LogP contribution in [0.4, 0.5) is 0 Å². The summed E-state index contributed by atoms with van der Waals surface area (Å²) in [7, 11) is 0. The summed E-state index contributed by atoms with van der Waals surface area (Å²) >= 11 is 0. The number of aliphatic hydroxyl groups excluding tert-OH is 4. The first-order valence-electron chi connectivity index (χ1n) is 14.1. The maximum Gasteiger partial charge on any atom is 0.0853 e. The van der Waals surface area contributed by atoms with Crippen molar-refractivity contribution in [1.29, 1.82) is 0 Å². The highest BCUT2D eigenvalue weighted by Crippen LogP contribution is 2.72. The monoisotopic (exact) mass is 492 g/mol. The number of aliphatic hydroxyl groups is 5. The van der Waals surface area contributed by atoms with Gasteiger partial charge in [0, 0.05) is 5.41 Å². The third-order valence-electron chi connectivity index (χ3n) is 12.2. The molecule has 2 saturated carbocycles. The zero-order chi connectivity index (χ0) is 26.4. The quantitative estimate of drug-likeness (QED) is 0.362. The molecule has 0 radical (unpaired) electrons. The Labute approximate surface area is 213 Å². The maximum atomic E-state index is 11.9. The third kappa shape index (κ3) is 3.81. The molecule has 35 heavy (non-hydrogen) atoms. The lowest BCUT2D eigenvalue weighted by Gasteiger charge is -2.63. The molecule has 0 aliphatic heterocycles. The van der Waals surface area contributed by atoms with E-state index < -0.39 is 30.0 Å². The van der Waals surface area contributed by atoms with E-state index in [1.54, 1.807) is 13.8 Å². The summed E-state index contributed by atoms with van der Waals surface area (Å²) in [6.45, 7) is 16.8. The molecule has 4 aliphatic carbocycles. The molecular weight excluding hydrogens is 440 g/mol. The van der Waals surface area contributed by atoms with Crippen molar-refractivity contribution in [2.45, 2.75) is 137 Å². The number of rotatable bonds is 5. The summed E-state index contributed by atoms with van der Waals surface area (Å²) in [5.41, 5.74) is 0.884. The highest BCUT2D eigenvalue weighted by molar-refractivity contribution is 5.40. The molecule has 0 spiro atoms. The number of fused-ring (bicyclic) bond motifs is 4. The summed E-state index contributed by atoms with van der Waals surface area (Å²) in [6, 6.07) is 0. The van der Waals surface area contributed by atoms with Crippen LogP contribution in [0.3, 0.4) is 0 Å². The van der Waals surface area contributed by atoms with Gasteiger partial charge in [0.2, 0.25) is 0 Å². The van der Waals surface area contributed by atoms with Gasteiger partial charge in [-0.3, -0.25) is 0 Å². The molecule has 0 aromatic rings. The van der Waals surface area contributed by atoms with Crippen LogP contribution in [0.2, 0.25) is 0 Å². The standard InChI is InChI=1S/C30H52O5/c1-17(9-12-23(32)27(4,5)35)18-13-14-29(7)19-10-11-22-26(2,3)25(34)21(31)16-28(22,6)20(19)15-24(33)30(18,29)8/h17-18,21-25,31-35H,9-16H2,1-8H3/t17-,18-,21-,22-,23-,24+,25+,28-,29+,30+/m1/s1. The smallest absolute Gasteiger partial charge is 0.0853 e. The van der Waals surface area contributed by atoms with Gasteiger partial charge in [0.15, 0.2) is 0 Å². The highest BCUT2D eigenvalue weighted by atomic mass is 16.3. The van der Waals surface area contributed by atoms with Gasteiger partial charge < -0.3 is 25.5 Å². The fourth-order valence-corrected chi connectivity index (χ4v) is 9.75. The first kappa shape index (κ1) is 27.6. The van der Waals surface area contributed by atoms with E-state index in [4.69, 9.17) is 0 Å². The average Bonchev–Trinajstić information content (AvgIpc) is 3.03. The summed E-state index contributed by atoms with van der Waals surface area (Å²) in [6.07, 6.45) is 4.11. The van der Waals surface area contributed by atoms with Crippen molar-refractivity contribution < 1.29 is 25.5 Å². The molecule has 2 fully saturated rings. The SMILES string of the molecule is C[C@H](CC[C@@H](O)C(C)(C)O)[C@H]1CC[C@@]2(C)C3=C(C[C@H](O)[C@]12C)[C@@]1(C)C[C@@H](O)[C@H](O)C(C)(C)[C@H]1CC3. The predicted octanol–water partition coefficient (Wildman–Crippen LogP) is 4.59. The Kier molecular flexibility index (Phi) is 6.72. The molecule has 0 amide bonds. The van der Waals surface area contributed by atoms with Crippen LogP contribution in [0.15, 0.2) is 11.1 Å². The molecule has 0 unspecified atom stereocenters. The van der Waals surface area contributed by atoms with Crippen molar-refractivity contribution in [3.05, 3.63) is 11.1 Å². The molecule has 0 aromatic heterocycles. The van der Waals surface area contributed by atoms with E-state index in [9.17, 15) is 25.5 Å². The van der Waals surface area contributed by atoms with Crippen molar-refractivity contribution in [1.82, 2.24) is 0 Å². The maximum absolute atomic E-state index is 11.9. The van der Waals surface area contributed by atoms with Crippen LogP contribution in [0.1, 0.15) is 107 Å². The van der Waals surface area contributed by atoms with Crippen molar-refractivity contribution in [2.24, 2.45) is 39.4 Å². The summed E-state index contributed by atoms with van der Waals surface area (Å²) in [5.74, 6) is 0.978. The van der Waals surface area contributed by atoms with Crippen LogP contribution < -0.4 is 0 Å². The van der Waals surface area contributed by atoms with Crippen molar-refractivity contribution in [3.63, 3.8) is 0 Å². The van der Waals surface area contributed by atoms with E-state index in [1.807, 2.05) is 0 Å². The Balaban J connectivity index is 1.67. The molecule has 0 bridgehead atoms. The Morgan fingerprint density at radius 3 is 2.20 bits per heavy atom. The van der Waals surface area contributed by atoms with Crippen LogP contribution in [-0.2, 0) is 0 Å².